The van der Waals surface area contributed by atoms with E-state index in [2.05, 4.69) is 29.5 Å². The Balaban J connectivity index is 2.19. The maximum Gasteiger partial charge on any atom is 0.187 e. The molecule has 90 valence electrons. The smallest absolute Gasteiger partial charge is 0.187 e. The van der Waals surface area contributed by atoms with Crippen molar-refractivity contribution >= 4 is 27.8 Å². The molecule has 0 bridgehead atoms. The third-order valence-corrected chi connectivity index (χ3v) is 3.38. The number of nitrogens with one attached hydrogen (secondary N) is 1. The maximum atomic E-state index is 5.72. The molecule has 4 heteroatoms. The quantitative estimate of drug-likeness (QED) is 0.809. The fraction of sp³-hybridized carbons (Fsp3) is 0.308. The van der Waals surface area contributed by atoms with Crippen molar-refractivity contribution in [1.29, 1.82) is 0 Å². The summed E-state index contributed by atoms with van der Waals surface area (Å²) in [6.07, 6.45) is 0. The Hall–Kier alpha value is -1.55. The molecule has 1 aromatic carbocycles. The molecule has 0 unspecified atom stereocenters. The van der Waals surface area contributed by atoms with Crippen LogP contribution in [0.25, 0.3) is 0 Å². The maximum absolute atomic E-state index is 5.72. The van der Waals surface area contributed by atoms with E-state index in [1.165, 1.54) is 0 Å². The fourth-order valence-electron chi connectivity index (χ4n) is 1.55. The van der Waals surface area contributed by atoms with Gasteiger partial charge in [-0.1, -0.05) is 13.8 Å². The van der Waals surface area contributed by atoms with Crippen LogP contribution in [0.4, 0.5) is 16.5 Å². The SMILES string of the molecule is Cc1cc(N)ccc1Nc1nc(C(C)C)cs1. The lowest BCUT2D eigenvalue weighted by Gasteiger charge is -2.07. The van der Waals surface area contributed by atoms with Crippen LogP contribution in [0.5, 0.6) is 0 Å². The Morgan fingerprint density at radius 2 is 2.12 bits per heavy atom. The minimum Gasteiger partial charge on any atom is -0.399 e. The molecular formula is C13H17N3S. The summed E-state index contributed by atoms with van der Waals surface area (Å²) in [5.41, 5.74) is 9.83. The molecule has 0 saturated carbocycles. The lowest BCUT2D eigenvalue weighted by atomic mass is 10.2. The Labute approximate surface area is 106 Å². The predicted molar refractivity (Wildman–Crippen MR) is 75.1 cm³/mol. The number of thiazole rings is 1. The molecule has 0 amide bonds. The van der Waals surface area contributed by atoms with E-state index in [0.717, 1.165) is 27.8 Å². The molecule has 3 nitrogen and oxygen atoms in total. The fourth-order valence-corrected chi connectivity index (χ4v) is 2.44. The van der Waals surface area contributed by atoms with Gasteiger partial charge < -0.3 is 11.1 Å². The summed E-state index contributed by atoms with van der Waals surface area (Å²) in [6, 6.07) is 5.84. The van der Waals surface area contributed by atoms with Gasteiger partial charge >= 0.3 is 0 Å². The molecule has 2 aromatic rings. The van der Waals surface area contributed by atoms with E-state index in [1.54, 1.807) is 11.3 Å². The third kappa shape index (κ3) is 2.77. The molecule has 1 aromatic heterocycles. The summed E-state index contributed by atoms with van der Waals surface area (Å²) in [5.74, 6) is 0.467. The van der Waals surface area contributed by atoms with Crippen molar-refractivity contribution in [1.82, 2.24) is 4.98 Å². The molecule has 3 N–H and O–H groups in total. The number of hydrogen-bond acceptors (Lipinski definition) is 4. The van der Waals surface area contributed by atoms with Gasteiger partial charge in [0.15, 0.2) is 5.13 Å². The minimum absolute atomic E-state index is 0.467. The number of rotatable bonds is 3. The second-order valence-electron chi connectivity index (χ2n) is 4.43. The molecule has 0 aliphatic heterocycles. The summed E-state index contributed by atoms with van der Waals surface area (Å²) in [4.78, 5) is 4.54. The normalized spacial score (nSPS) is 10.8. The first-order valence-electron chi connectivity index (χ1n) is 5.65. The molecule has 0 fully saturated rings. The molecule has 0 radical (unpaired) electrons. The van der Waals surface area contributed by atoms with E-state index in [-0.39, 0.29) is 0 Å². The standard InChI is InChI=1S/C13H17N3S/c1-8(2)12-7-17-13(16-12)15-11-5-4-10(14)6-9(11)3/h4-8H,14H2,1-3H3,(H,15,16). The topological polar surface area (TPSA) is 50.9 Å². The number of aromatic nitrogens is 1. The molecular weight excluding hydrogens is 230 g/mol. The Morgan fingerprint density at radius 1 is 1.35 bits per heavy atom. The van der Waals surface area contributed by atoms with E-state index in [1.807, 2.05) is 25.1 Å². The zero-order valence-corrected chi connectivity index (χ0v) is 11.1. The summed E-state index contributed by atoms with van der Waals surface area (Å²) in [7, 11) is 0. The van der Waals surface area contributed by atoms with Crippen LogP contribution in [-0.4, -0.2) is 4.98 Å². The molecule has 2 rings (SSSR count). The van der Waals surface area contributed by atoms with Gasteiger partial charge in [0, 0.05) is 16.8 Å². The van der Waals surface area contributed by atoms with Crippen LogP contribution in [0.3, 0.4) is 0 Å². The highest BCUT2D eigenvalue weighted by Crippen LogP contribution is 2.26. The first kappa shape index (κ1) is 11.9. The van der Waals surface area contributed by atoms with Crippen LogP contribution >= 0.6 is 11.3 Å². The second kappa shape index (κ2) is 4.75. The van der Waals surface area contributed by atoms with Gasteiger partial charge in [0.1, 0.15) is 0 Å². The lowest BCUT2D eigenvalue weighted by Crippen LogP contribution is -1.95. The van der Waals surface area contributed by atoms with Gasteiger partial charge in [0.25, 0.3) is 0 Å². The minimum atomic E-state index is 0.467. The first-order valence-corrected chi connectivity index (χ1v) is 6.53. The Morgan fingerprint density at radius 3 is 2.71 bits per heavy atom. The zero-order valence-electron chi connectivity index (χ0n) is 10.3. The third-order valence-electron chi connectivity index (χ3n) is 2.61. The van der Waals surface area contributed by atoms with Gasteiger partial charge in [-0.05, 0) is 36.6 Å². The van der Waals surface area contributed by atoms with Crippen LogP contribution in [-0.2, 0) is 0 Å². The van der Waals surface area contributed by atoms with Crippen molar-refractivity contribution in [3.05, 3.63) is 34.8 Å². The summed E-state index contributed by atoms with van der Waals surface area (Å²) in [6.45, 7) is 6.33. The summed E-state index contributed by atoms with van der Waals surface area (Å²) in [5, 5.41) is 6.36. The number of nitrogens with zero attached hydrogens (tertiary/aromatic N) is 1. The van der Waals surface area contributed by atoms with Gasteiger partial charge in [-0.2, -0.15) is 0 Å². The lowest BCUT2D eigenvalue weighted by molar-refractivity contribution is 0.834. The molecule has 0 aliphatic rings. The highest BCUT2D eigenvalue weighted by Gasteiger charge is 2.06. The van der Waals surface area contributed by atoms with E-state index in [4.69, 9.17) is 5.73 Å². The zero-order chi connectivity index (χ0) is 12.4. The van der Waals surface area contributed by atoms with Crippen LogP contribution < -0.4 is 11.1 Å². The molecule has 17 heavy (non-hydrogen) atoms. The van der Waals surface area contributed by atoms with E-state index in [0.29, 0.717) is 5.92 Å². The number of aryl methyl sites for hydroxylation is 1. The van der Waals surface area contributed by atoms with Crippen molar-refractivity contribution in [3.63, 3.8) is 0 Å². The monoisotopic (exact) mass is 247 g/mol. The van der Waals surface area contributed by atoms with E-state index in [9.17, 15) is 0 Å². The van der Waals surface area contributed by atoms with E-state index >= 15 is 0 Å². The van der Waals surface area contributed by atoms with Gasteiger partial charge in [0.2, 0.25) is 0 Å². The Kier molecular flexibility index (Phi) is 3.33. The van der Waals surface area contributed by atoms with Crippen molar-refractivity contribution in [2.45, 2.75) is 26.7 Å². The molecule has 0 saturated heterocycles. The highest BCUT2D eigenvalue weighted by molar-refractivity contribution is 7.13. The van der Waals surface area contributed by atoms with Gasteiger partial charge in [-0.25, -0.2) is 4.98 Å². The first-order chi connectivity index (χ1) is 8.06. The molecule has 0 spiro atoms. The second-order valence-corrected chi connectivity index (χ2v) is 5.29. The van der Waals surface area contributed by atoms with E-state index < -0.39 is 0 Å². The van der Waals surface area contributed by atoms with Crippen molar-refractivity contribution in [3.8, 4) is 0 Å². The average molecular weight is 247 g/mol. The number of anilines is 3. The molecule has 0 atom stereocenters. The number of nitrogens with two attached hydrogens (primary N) is 1. The predicted octanol–water partition coefficient (Wildman–Crippen LogP) is 3.90. The number of hydrogen-bond donors (Lipinski definition) is 2. The number of benzene rings is 1. The van der Waals surface area contributed by atoms with Crippen molar-refractivity contribution in [2.24, 2.45) is 0 Å². The highest BCUT2D eigenvalue weighted by atomic mass is 32.1. The van der Waals surface area contributed by atoms with Gasteiger partial charge in [0.05, 0.1) is 5.69 Å². The summed E-state index contributed by atoms with van der Waals surface area (Å²) < 4.78 is 0. The Bertz CT molecular complexity index is 517. The molecule has 0 aliphatic carbocycles. The van der Waals surface area contributed by atoms with Crippen LogP contribution in [0.2, 0.25) is 0 Å². The van der Waals surface area contributed by atoms with Crippen LogP contribution in [0.15, 0.2) is 23.6 Å². The summed E-state index contributed by atoms with van der Waals surface area (Å²) >= 11 is 1.63. The number of nitrogen functional groups attached to an aromatic ring is 1. The van der Waals surface area contributed by atoms with Crippen LogP contribution in [0.1, 0.15) is 31.0 Å². The van der Waals surface area contributed by atoms with Crippen molar-refractivity contribution in [2.75, 3.05) is 11.1 Å². The van der Waals surface area contributed by atoms with Crippen molar-refractivity contribution < 1.29 is 0 Å². The van der Waals surface area contributed by atoms with Crippen LogP contribution in [0, 0.1) is 6.92 Å². The average Bonchev–Trinajstić information content (AvgIpc) is 2.71. The molecule has 1 heterocycles. The largest absolute Gasteiger partial charge is 0.399 e. The van der Waals surface area contributed by atoms with Gasteiger partial charge in [-0.15, -0.1) is 11.3 Å². The van der Waals surface area contributed by atoms with Gasteiger partial charge in [-0.3, -0.25) is 0 Å².